The Labute approximate surface area is 159 Å². The molecule has 7 heteroatoms. The fraction of sp³-hybridized carbons (Fsp3) is 0.500. The summed E-state index contributed by atoms with van der Waals surface area (Å²) in [4.78, 5) is 26.4. The zero-order valence-corrected chi connectivity index (χ0v) is 16.1. The summed E-state index contributed by atoms with van der Waals surface area (Å²) in [5.74, 6) is 5.60. The van der Waals surface area contributed by atoms with E-state index in [-0.39, 0.29) is 18.4 Å². The van der Waals surface area contributed by atoms with Gasteiger partial charge in [0, 0.05) is 29.2 Å². The third-order valence-electron chi connectivity index (χ3n) is 5.21. The van der Waals surface area contributed by atoms with Gasteiger partial charge in [0.2, 0.25) is 0 Å². The molecule has 4 N–H and O–H groups in total. The number of likely N-dealkylation sites (N-methyl/N-ethyl adjacent to an activating group) is 1. The Balaban J connectivity index is 2.08. The molecule has 0 bridgehead atoms. The van der Waals surface area contributed by atoms with Crippen molar-refractivity contribution in [2.75, 3.05) is 20.7 Å². The second-order valence-electron chi connectivity index (χ2n) is 7.56. The number of hydroxylamine groups is 1. The number of aliphatic hydroxyl groups is 1. The van der Waals surface area contributed by atoms with Gasteiger partial charge in [-0.25, -0.2) is 5.48 Å². The zero-order valence-electron chi connectivity index (χ0n) is 16.1. The minimum absolute atomic E-state index is 0.171. The van der Waals surface area contributed by atoms with Gasteiger partial charge in [-0.05, 0) is 64.5 Å². The van der Waals surface area contributed by atoms with Gasteiger partial charge in [-0.1, -0.05) is 11.8 Å². The fourth-order valence-electron chi connectivity index (χ4n) is 2.61. The maximum absolute atomic E-state index is 12.6. The molecule has 3 unspecified atom stereocenters. The SMILES string of the molecule is CN(C)C(C)(C)C(NC(=O)c1ccc(C#CC2CC2CO)cc1)C(=O)NO. The van der Waals surface area contributed by atoms with Crippen molar-refractivity contribution < 1.29 is 19.9 Å². The highest BCUT2D eigenvalue weighted by Crippen LogP contribution is 2.36. The molecule has 0 saturated heterocycles. The second-order valence-corrected chi connectivity index (χ2v) is 7.56. The van der Waals surface area contributed by atoms with E-state index in [1.807, 2.05) is 0 Å². The van der Waals surface area contributed by atoms with Gasteiger partial charge < -0.3 is 15.3 Å². The van der Waals surface area contributed by atoms with E-state index in [0.29, 0.717) is 5.56 Å². The minimum atomic E-state index is -0.949. The highest BCUT2D eigenvalue weighted by molar-refractivity contribution is 5.97. The normalized spacial score (nSPS) is 19.7. The van der Waals surface area contributed by atoms with Gasteiger partial charge in [-0.2, -0.15) is 0 Å². The summed E-state index contributed by atoms with van der Waals surface area (Å²) in [5, 5.41) is 20.7. The third-order valence-corrected chi connectivity index (χ3v) is 5.21. The van der Waals surface area contributed by atoms with Crippen LogP contribution in [-0.4, -0.2) is 59.3 Å². The Hall–Kier alpha value is -2.40. The van der Waals surface area contributed by atoms with E-state index >= 15 is 0 Å². The molecule has 0 aromatic heterocycles. The molecule has 0 heterocycles. The van der Waals surface area contributed by atoms with Gasteiger partial charge >= 0.3 is 0 Å². The molecule has 2 rings (SSSR count). The molecule has 3 atom stereocenters. The van der Waals surface area contributed by atoms with E-state index in [9.17, 15) is 9.59 Å². The highest BCUT2D eigenvalue weighted by atomic mass is 16.5. The van der Waals surface area contributed by atoms with Crippen molar-refractivity contribution in [2.45, 2.75) is 31.8 Å². The maximum atomic E-state index is 12.6. The van der Waals surface area contributed by atoms with E-state index < -0.39 is 23.4 Å². The number of carbonyl (C=O) groups excluding carboxylic acids is 2. The maximum Gasteiger partial charge on any atom is 0.267 e. The lowest BCUT2D eigenvalue weighted by Crippen LogP contribution is -2.62. The smallest absolute Gasteiger partial charge is 0.267 e. The van der Waals surface area contributed by atoms with Gasteiger partial charge in [0.25, 0.3) is 11.8 Å². The monoisotopic (exact) mass is 373 g/mol. The van der Waals surface area contributed by atoms with Crippen molar-refractivity contribution in [3.63, 3.8) is 0 Å². The van der Waals surface area contributed by atoms with Crippen LogP contribution in [0, 0.1) is 23.7 Å². The first kappa shape index (κ1) is 20.9. The van der Waals surface area contributed by atoms with Crippen LogP contribution in [0.4, 0.5) is 0 Å². The van der Waals surface area contributed by atoms with Crippen LogP contribution in [0.2, 0.25) is 0 Å². The molecule has 0 aliphatic heterocycles. The van der Waals surface area contributed by atoms with Gasteiger partial charge in [0.05, 0.1) is 0 Å². The number of amides is 2. The summed E-state index contributed by atoms with van der Waals surface area (Å²) in [6.07, 6.45) is 0.931. The van der Waals surface area contributed by atoms with Crippen molar-refractivity contribution in [2.24, 2.45) is 11.8 Å². The first-order valence-corrected chi connectivity index (χ1v) is 8.85. The first-order chi connectivity index (χ1) is 12.7. The predicted octanol–water partition coefficient (Wildman–Crippen LogP) is 0.611. The largest absolute Gasteiger partial charge is 0.396 e. The topological polar surface area (TPSA) is 102 Å². The van der Waals surface area contributed by atoms with Crippen molar-refractivity contribution in [3.05, 3.63) is 35.4 Å². The lowest BCUT2D eigenvalue weighted by molar-refractivity contribution is -0.134. The summed E-state index contributed by atoms with van der Waals surface area (Å²) in [6.45, 7) is 3.76. The standard InChI is InChI=1S/C20H27N3O4/c1-20(2,23(3)4)17(19(26)22-27)21-18(25)14-8-5-13(6-9-14)7-10-15-11-16(15)12-24/h5-6,8-9,15-17,24,27H,11-12H2,1-4H3,(H,21,25)(H,22,26). The van der Waals surface area contributed by atoms with Gasteiger partial charge in [0.1, 0.15) is 6.04 Å². The van der Waals surface area contributed by atoms with Crippen LogP contribution < -0.4 is 10.8 Å². The minimum Gasteiger partial charge on any atom is -0.396 e. The molecule has 1 aliphatic carbocycles. The lowest BCUT2D eigenvalue weighted by atomic mass is 9.92. The Morgan fingerprint density at radius 1 is 1.30 bits per heavy atom. The number of nitrogens with one attached hydrogen (secondary N) is 2. The number of hydrogen-bond acceptors (Lipinski definition) is 5. The number of carbonyl (C=O) groups is 2. The Bertz CT molecular complexity index is 747. The average molecular weight is 373 g/mol. The third kappa shape index (κ3) is 5.07. The second kappa shape index (κ2) is 8.53. The van der Waals surface area contributed by atoms with Crippen molar-refractivity contribution in [1.82, 2.24) is 15.7 Å². The van der Waals surface area contributed by atoms with E-state index in [2.05, 4.69) is 17.2 Å². The molecular formula is C20H27N3O4. The summed E-state index contributed by atoms with van der Waals surface area (Å²) >= 11 is 0. The average Bonchev–Trinajstić information content (AvgIpc) is 3.42. The molecular weight excluding hydrogens is 346 g/mol. The molecule has 1 aromatic rings. The molecule has 0 spiro atoms. The van der Waals surface area contributed by atoms with Crippen molar-refractivity contribution >= 4 is 11.8 Å². The molecule has 1 saturated carbocycles. The molecule has 0 radical (unpaired) electrons. The first-order valence-electron chi connectivity index (χ1n) is 8.85. The lowest BCUT2D eigenvalue weighted by Gasteiger charge is -2.38. The van der Waals surface area contributed by atoms with Crippen LogP contribution in [0.15, 0.2) is 24.3 Å². The molecule has 2 amide bonds. The Morgan fingerprint density at radius 3 is 2.41 bits per heavy atom. The van der Waals surface area contributed by atoms with E-state index in [0.717, 1.165) is 12.0 Å². The molecule has 1 fully saturated rings. The Morgan fingerprint density at radius 2 is 1.93 bits per heavy atom. The molecule has 1 aromatic carbocycles. The van der Waals surface area contributed by atoms with Gasteiger partial charge in [0.15, 0.2) is 0 Å². The number of rotatable bonds is 6. The zero-order chi connectivity index (χ0) is 20.2. The van der Waals surface area contributed by atoms with E-state index in [1.165, 1.54) is 0 Å². The molecule has 146 valence electrons. The van der Waals surface area contributed by atoms with Gasteiger partial charge in [-0.3, -0.25) is 14.8 Å². The number of aliphatic hydroxyl groups excluding tert-OH is 1. The Kier molecular flexibility index (Phi) is 6.60. The predicted molar refractivity (Wildman–Crippen MR) is 101 cm³/mol. The number of nitrogens with zero attached hydrogens (tertiary/aromatic N) is 1. The van der Waals surface area contributed by atoms with Crippen LogP contribution in [-0.2, 0) is 4.79 Å². The molecule has 27 heavy (non-hydrogen) atoms. The van der Waals surface area contributed by atoms with Crippen LogP contribution in [0.1, 0.15) is 36.2 Å². The van der Waals surface area contributed by atoms with E-state index in [1.54, 1.807) is 62.6 Å². The van der Waals surface area contributed by atoms with Gasteiger partial charge in [-0.15, -0.1) is 0 Å². The number of benzene rings is 1. The molecule has 7 nitrogen and oxygen atoms in total. The van der Waals surface area contributed by atoms with Crippen molar-refractivity contribution in [3.8, 4) is 11.8 Å². The van der Waals surface area contributed by atoms with Crippen LogP contribution >= 0.6 is 0 Å². The summed E-state index contributed by atoms with van der Waals surface area (Å²) < 4.78 is 0. The van der Waals surface area contributed by atoms with Crippen LogP contribution in [0.3, 0.4) is 0 Å². The highest BCUT2D eigenvalue weighted by Gasteiger charge is 2.38. The summed E-state index contributed by atoms with van der Waals surface area (Å²) in [6, 6.07) is 5.83. The van der Waals surface area contributed by atoms with Crippen LogP contribution in [0.5, 0.6) is 0 Å². The quantitative estimate of drug-likeness (QED) is 0.332. The number of hydrogen-bond donors (Lipinski definition) is 4. The summed E-state index contributed by atoms with van der Waals surface area (Å²) in [5.41, 5.74) is 2.08. The summed E-state index contributed by atoms with van der Waals surface area (Å²) in [7, 11) is 3.58. The van der Waals surface area contributed by atoms with E-state index in [4.69, 9.17) is 10.3 Å². The van der Waals surface area contributed by atoms with Crippen molar-refractivity contribution in [1.29, 1.82) is 0 Å². The molecule has 1 aliphatic rings. The fourth-order valence-corrected chi connectivity index (χ4v) is 2.61. The van der Waals surface area contributed by atoms with Crippen LogP contribution in [0.25, 0.3) is 0 Å².